The van der Waals surface area contributed by atoms with Crippen molar-refractivity contribution in [2.24, 2.45) is 0 Å². The lowest BCUT2D eigenvalue weighted by Gasteiger charge is -2.34. The van der Waals surface area contributed by atoms with Crippen molar-refractivity contribution in [3.8, 4) is 5.75 Å². The number of hydrogen-bond acceptors (Lipinski definition) is 3. The SMILES string of the molecule is CCC(=O)N1CCN(C(=O)CCCOc2c(C)cccc2C)CC1. The largest absolute Gasteiger partial charge is 0.493 e. The minimum absolute atomic E-state index is 0.156. The Labute approximate surface area is 144 Å². The van der Waals surface area contributed by atoms with Crippen molar-refractivity contribution in [3.05, 3.63) is 29.3 Å². The van der Waals surface area contributed by atoms with E-state index in [2.05, 4.69) is 0 Å². The molecule has 0 radical (unpaired) electrons. The minimum atomic E-state index is 0.156. The van der Waals surface area contributed by atoms with E-state index >= 15 is 0 Å². The van der Waals surface area contributed by atoms with Crippen molar-refractivity contribution in [2.45, 2.75) is 40.0 Å². The number of rotatable bonds is 6. The summed E-state index contributed by atoms with van der Waals surface area (Å²) in [7, 11) is 0. The van der Waals surface area contributed by atoms with E-state index in [0.717, 1.165) is 16.9 Å². The van der Waals surface area contributed by atoms with Gasteiger partial charge in [-0.2, -0.15) is 0 Å². The summed E-state index contributed by atoms with van der Waals surface area (Å²) in [6.45, 7) is 9.07. The van der Waals surface area contributed by atoms with Crippen molar-refractivity contribution < 1.29 is 14.3 Å². The lowest BCUT2D eigenvalue weighted by Crippen LogP contribution is -2.50. The average Bonchev–Trinajstić information content (AvgIpc) is 2.60. The van der Waals surface area contributed by atoms with Gasteiger partial charge in [-0.15, -0.1) is 0 Å². The zero-order chi connectivity index (χ0) is 17.5. The highest BCUT2D eigenvalue weighted by Gasteiger charge is 2.22. The van der Waals surface area contributed by atoms with Crippen LogP contribution >= 0.6 is 0 Å². The molecule has 24 heavy (non-hydrogen) atoms. The van der Waals surface area contributed by atoms with Crippen molar-refractivity contribution >= 4 is 11.8 Å². The van der Waals surface area contributed by atoms with Gasteiger partial charge in [-0.3, -0.25) is 9.59 Å². The Hall–Kier alpha value is -2.04. The van der Waals surface area contributed by atoms with Crippen LogP contribution in [0.2, 0.25) is 0 Å². The van der Waals surface area contributed by atoms with Crippen LogP contribution in [0, 0.1) is 13.8 Å². The number of carbonyl (C=O) groups is 2. The number of nitrogens with zero attached hydrogens (tertiary/aromatic N) is 2. The number of ether oxygens (including phenoxy) is 1. The van der Waals surface area contributed by atoms with Crippen LogP contribution in [0.3, 0.4) is 0 Å². The Kier molecular flexibility index (Phi) is 6.64. The standard InChI is InChI=1S/C19H28N2O3/c1-4-17(22)20-10-12-21(13-11-20)18(23)9-6-14-24-19-15(2)7-5-8-16(19)3/h5,7-8H,4,6,9-14H2,1-3H3. The summed E-state index contributed by atoms with van der Waals surface area (Å²) in [5.74, 6) is 1.25. The van der Waals surface area contributed by atoms with Gasteiger partial charge in [-0.1, -0.05) is 25.1 Å². The highest BCUT2D eigenvalue weighted by molar-refractivity contribution is 5.78. The quantitative estimate of drug-likeness (QED) is 0.752. The van der Waals surface area contributed by atoms with Crippen LogP contribution in [0.25, 0.3) is 0 Å². The summed E-state index contributed by atoms with van der Waals surface area (Å²) in [5.41, 5.74) is 2.25. The lowest BCUT2D eigenvalue weighted by atomic mass is 10.1. The average molecular weight is 332 g/mol. The maximum Gasteiger partial charge on any atom is 0.222 e. The molecule has 1 aromatic carbocycles. The van der Waals surface area contributed by atoms with Crippen molar-refractivity contribution in [1.29, 1.82) is 0 Å². The molecule has 0 unspecified atom stereocenters. The number of carbonyl (C=O) groups excluding carboxylic acids is 2. The van der Waals surface area contributed by atoms with E-state index in [0.29, 0.717) is 52.0 Å². The number of piperazine rings is 1. The Morgan fingerprint density at radius 3 is 2.08 bits per heavy atom. The minimum Gasteiger partial charge on any atom is -0.493 e. The molecule has 132 valence electrons. The predicted octanol–water partition coefficient (Wildman–Crippen LogP) is 2.54. The van der Waals surface area contributed by atoms with Gasteiger partial charge in [0.25, 0.3) is 0 Å². The summed E-state index contributed by atoms with van der Waals surface area (Å²) in [6, 6.07) is 6.08. The number of aryl methyl sites for hydroxylation is 2. The number of benzene rings is 1. The monoisotopic (exact) mass is 332 g/mol. The molecule has 2 rings (SSSR count). The van der Waals surface area contributed by atoms with Gasteiger partial charge >= 0.3 is 0 Å². The van der Waals surface area contributed by atoms with Crippen molar-refractivity contribution in [2.75, 3.05) is 32.8 Å². The smallest absolute Gasteiger partial charge is 0.222 e. The Balaban J connectivity index is 1.70. The summed E-state index contributed by atoms with van der Waals surface area (Å²) in [4.78, 5) is 27.6. The molecule has 1 aromatic rings. The van der Waals surface area contributed by atoms with Gasteiger partial charge in [0.15, 0.2) is 0 Å². The zero-order valence-electron chi connectivity index (χ0n) is 15.0. The molecule has 1 aliphatic heterocycles. The molecule has 1 saturated heterocycles. The molecule has 5 heteroatoms. The van der Waals surface area contributed by atoms with Gasteiger partial charge in [-0.05, 0) is 31.4 Å². The molecule has 0 bridgehead atoms. The number of para-hydroxylation sites is 1. The van der Waals surface area contributed by atoms with Crippen molar-refractivity contribution in [3.63, 3.8) is 0 Å². The van der Waals surface area contributed by atoms with Crippen LogP contribution < -0.4 is 4.74 Å². The van der Waals surface area contributed by atoms with E-state index in [1.165, 1.54) is 0 Å². The molecule has 0 N–H and O–H groups in total. The first-order chi connectivity index (χ1) is 11.5. The van der Waals surface area contributed by atoms with E-state index in [1.807, 2.05) is 48.8 Å². The van der Waals surface area contributed by atoms with Gasteiger partial charge in [0.1, 0.15) is 5.75 Å². The van der Waals surface area contributed by atoms with Crippen LogP contribution in [-0.4, -0.2) is 54.4 Å². The van der Waals surface area contributed by atoms with Crippen LogP contribution in [0.4, 0.5) is 0 Å². The fourth-order valence-corrected chi connectivity index (χ4v) is 3.01. The molecule has 1 heterocycles. The van der Waals surface area contributed by atoms with Crippen LogP contribution in [0.15, 0.2) is 18.2 Å². The maximum atomic E-state index is 12.3. The van der Waals surface area contributed by atoms with Gasteiger partial charge in [0.05, 0.1) is 6.61 Å². The van der Waals surface area contributed by atoms with E-state index < -0.39 is 0 Å². The fraction of sp³-hybridized carbons (Fsp3) is 0.579. The molecule has 0 saturated carbocycles. The molecule has 5 nitrogen and oxygen atoms in total. The predicted molar refractivity (Wildman–Crippen MR) is 94.1 cm³/mol. The van der Waals surface area contributed by atoms with Gasteiger partial charge in [0, 0.05) is 39.0 Å². The lowest BCUT2D eigenvalue weighted by molar-refractivity contribution is -0.139. The van der Waals surface area contributed by atoms with E-state index in [9.17, 15) is 9.59 Å². The van der Waals surface area contributed by atoms with Crippen LogP contribution in [0.5, 0.6) is 5.75 Å². The Morgan fingerprint density at radius 2 is 1.54 bits per heavy atom. The first-order valence-corrected chi connectivity index (χ1v) is 8.77. The molecule has 0 aliphatic carbocycles. The van der Waals surface area contributed by atoms with Crippen molar-refractivity contribution in [1.82, 2.24) is 9.80 Å². The maximum absolute atomic E-state index is 12.3. The summed E-state index contributed by atoms with van der Waals surface area (Å²) in [6.07, 6.45) is 1.73. The molecule has 1 aliphatic rings. The third-order valence-corrected chi connectivity index (χ3v) is 4.48. The first-order valence-electron chi connectivity index (χ1n) is 8.77. The number of hydrogen-bond donors (Lipinski definition) is 0. The topological polar surface area (TPSA) is 49.9 Å². The van der Waals surface area contributed by atoms with Crippen LogP contribution in [0.1, 0.15) is 37.3 Å². The van der Waals surface area contributed by atoms with Gasteiger partial charge < -0.3 is 14.5 Å². The van der Waals surface area contributed by atoms with E-state index in [1.54, 1.807) is 0 Å². The third kappa shape index (κ3) is 4.73. The normalized spacial score (nSPS) is 14.6. The summed E-state index contributed by atoms with van der Waals surface area (Å²) >= 11 is 0. The molecule has 0 aromatic heterocycles. The zero-order valence-corrected chi connectivity index (χ0v) is 15.0. The molecular formula is C19H28N2O3. The molecule has 0 atom stereocenters. The van der Waals surface area contributed by atoms with E-state index in [4.69, 9.17) is 4.74 Å². The van der Waals surface area contributed by atoms with Gasteiger partial charge in [0.2, 0.25) is 11.8 Å². The van der Waals surface area contributed by atoms with E-state index in [-0.39, 0.29) is 11.8 Å². The van der Waals surface area contributed by atoms with Gasteiger partial charge in [-0.25, -0.2) is 0 Å². The fourth-order valence-electron chi connectivity index (χ4n) is 3.01. The second-order valence-corrected chi connectivity index (χ2v) is 6.29. The highest BCUT2D eigenvalue weighted by Crippen LogP contribution is 2.22. The molecular weight excluding hydrogens is 304 g/mol. The highest BCUT2D eigenvalue weighted by atomic mass is 16.5. The molecule has 1 fully saturated rings. The molecule has 0 spiro atoms. The first kappa shape index (κ1) is 18.3. The second kappa shape index (κ2) is 8.71. The Bertz CT molecular complexity index is 558. The number of amides is 2. The molecule has 2 amide bonds. The van der Waals surface area contributed by atoms with Crippen LogP contribution in [-0.2, 0) is 9.59 Å². The Morgan fingerprint density at radius 1 is 1.00 bits per heavy atom. The summed E-state index contributed by atoms with van der Waals surface area (Å²) in [5, 5.41) is 0. The third-order valence-electron chi connectivity index (χ3n) is 4.48. The second-order valence-electron chi connectivity index (χ2n) is 6.29. The summed E-state index contributed by atoms with van der Waals surface area (Å²) < 4.78 is 5.84.